The largest absolute Gasteiger partial charge is 0.494 e. The van der Waals surface area contributed by atoms with Gasteiger partial charge < -0.3 is 14.5 Å². The van der Waals surface area contributed by atoms with Crippen molar-refractivity contribution < 1.29 is 9.53 Å². The minimum absolute atomic E-state index is 0.0313. The fourth-order valence-electron chi connectivity index (χ4n) is 4.26. The van der Waals surface area contributed by atoms with E-state index in [0.29, 0.717) is 12.1 Å². The molecular formula is C27H32N2O2. The summed E-state index contributed by atoms with van der Waals surface area (Å²) in [6, 6.07) is 22.1. The summed E-state index contributed by atoms with van der Waals surface area (Å²) in [6.07, 6.45) is 5.09. The van der Waals surface area contributed by atoms with Gasteiger partial charge in [-0.1, -0.05) is 48.9 Å². The van der Waals surface area contributed by atoms with Gasteiger partial charge in [0.25, 0.3) is 5.91 Å². The summed E-state index contributed by atoms with van der Waals surface area (Å²) in [6.45, 7) is 4.93. The number of nitrogens with zero attached hydrogens (tertiary/aromatic N) is 2. The van der Waals surface area contributed by atoms with Gasteiger partial charge in [-0.2, -0.15) is 0 Å². The average Bonchev–Trinajstić information content (AvgIpc) is 2.82. The molecule has 162 valence electrons. The normalized spacial score (nSPS) is 14.5. The van der Waals surface area contributed by atoms with Crippen LogP contribution >= 0.6 is 0 Å². The monoisotopic (exact) mass is 416 g/mol. The molecule has 0 unspecified atom stereocenters. The van der Waals surface area contributed by atoms with Crippen LogP contribution in [0.1, 0.15) is 41.6 Å². The molecule has 1 heterocycles. The lowest BCUT2D eigenvalue weighted by molar-refractivity contribution is 0.0785. The minimum Gasteiger partial charge on any atom is -0.494 e. The molecule has 4 heteroatoms. The third-order valence-electron chi connectivity index (χ3n) is 6.00. The molecule has 1 aliphatic rings. The van der Waals surface area contributed by atoms with Crippen LogP contribution in [0.25, 0.3) is 10.8 Å². The van der Waals surface area contributed by atoms with Crippen molar-refractivity contribution in [2.24, 2.45) is 0 Å². The third-order valence-corrected chi connectivity index (χ3v) is 6.00. The number of amides is 1. The molecule has 0 spiro atoms. The lowest BCUT2D eigenvalue weighted by Gasteiger charge is -2.26. The summed E-state index contributed by atoms with van der Waals surface area (Å²) in [7, 11) is 1.85. The van der Waals surface area contributed by atoms with Crippen molar-refractivity contribution in [2.45, 2.75) is 32.2 Å². The quantitative estimate of drug-likeness (QED) is 0.463. The van der Waals surface area contributed by atoms with Gasteiger partial charge in [0.2, 0.25) is 0 Å². The molecule has 31 heavy (non-hydrogen) atoms. The molecule has 0 saturated carbocycles. The molecule has 0 aliphatic carbocycles. The Morgan fingerprint density at radius 3 is 2.48 bits per heavy atom. The van der Waals surface area contributed by atoms with Crippen molar-refractivity contribution in [3.8, 4) is 5.75 Å². The molecular weight excluding hydrogens is 384 g/mol. The second-order valence-electron chi connectivity index (χ2n) is 8.47. The van der Waals surface area contributed by atoms with Gasteiger partial charge in [0.05, 0.1) is 6.61 Å². The molecule has 1 saturated heterocycles. The maximum Gasteiger partial charge on any atom is 0.253 e. The van der Waals surface area contributed by atoms with Gasteiger partial charge in [0.1, 0.15) is 5.75 Å². The summed E-state index contributed by atoms with van der Waals surface area (Å²) >= 11 is 0. The molecule has 1 fully saturated rings. The Morgan fingerprint density at radius 2 is 1.68 bits per heavy atom. The fraction of sp³-hybridized carbons (Fsp3) is 0.370. The third kappa shape index (κ3) is 5.86. The van der Waals surface area contributed by atoms with Gasteiger partial charge in [0.15, 0.2) is 0 Å². The molecule has 0 bridgehead atoms. The Labute approximate surface area is 185 Å². The average molecular weight is 417 g/mol. The second-order valence-corrected chi connectivity index (χ2v) is 8.47. The molecule has 3 aromatic rings. The van der Waals surface area contributed by atoms with Gasteiger partial charge >= 0.3 is 0 Å². The standard InChI is InChI=1S/C27H32N2O2/c1-28(21-22-9-4-2-5-10-22)27(30)25-12-11-24-20-26(14-13-23(24)19-25)31-18-8-17-29-15-6-3-7-16-29/h2,4-5,9-14,19-20H,3,6-8,15-18,21H2,1H3. The molecule has 4 rings (SSSR count). The summed E-state index contributed by atoms with van der Waals surface area (Å²) in [5.74, 6) is 0.926. The van der Waals surface area contributed by atoms with Crippen molar-refractivity contribution in [2.75, 3.05) is 33.3 Å². The summed E-state index contributed by atoms with van der Waals surface area (Å²) in [5, 5.41) is 2.15. The van der Waals surface area contributed by atoms with E-state index in [2.05, 4.69) is 11.0 Å². The molecule has 1 aliphatic heterocycles. The molecule has 4 nitrogen and oxygen atoms in total. The first-order valence-corrected chi connectivity index (χ1v) is 11.4. The maximum absolute atomic E-state index is 12.9. The highest BCUT2D eigenvalue weighted by molar-refractivity contribution is 5.98. The predicted molar refractivity (Wildman–Crippen MR) is 127 cm³/mol. The fourth-order valence-corrected chi connectivity index (χ4v) is 4.26. The van der Waals surface area contributed by atoms with Crippen molar-refractivity contribution >= 4 is 16.7 Å². The zero-order chi connectivity index (χ0) is 21.5. The van der Waals surface area contributed by atoms with E-state index in [0.717, 1.165) is 41.7 Å². The van der Waals surface area contributed by atoms with Crippen LogP contribution in [0.5, 0.6) is 5.75 Å². The van der Waals surface area contributed by atoms with Gasteiger partial charge in [-0.25, -0.2) is 0 Å². The number of carbonyl (C=O) groups excluding carboxylic acids is 1. The number of fused-ring (bicyclic) bond motifs is 1. The zero-order valence-corrected chi connectivity index (χ0v) is 18.4. The van der Waals surface area contributed by atoms with Crippen LogP contribution in [-0.2, 0) is 6.54 Å². The van der Waals surface area contributed by atoms with E-state index in [9.17, 15) is 4.79 Å². The molecule has 0 radical (unpaired) electrons. The van der Waals surface area contributed by atoms with Crippen LogP contribution in [-0.4, -0.2) is 49.0 Å². The second kappa shape index (κ2) is 10.5. The summed E-state index contributed by atoms with van der Waals surface area (Å²) < 4.78 is 5.99. The minimum atomic E-state index is 0.0313. The molecule has 0 atom stereocenters. The Hall–Kier alpha value is -2.85. The summed E-state index contributed by atoms with van der Waals surface area (Å²) in [5.41, 5.74) is 1.84. The van der Waals surface area contributed by atoms with Crippen molar-refractivity contribution in [1.29, 1.82) is 0 Å². The van der Waals surface area contributed by atoms with Crippen LogP contribution in [0.3, 0.4) is 0 Å². The molecule has 3 aromatic carbocycles. The Balaban J connectivity index is 1.33. The molecule has 0 N–H and O–H groups in total. The highest BCUT2D eigenvalue weighted by Crippen LogP contribution is 2.23. The Morgan fingerprint density at radius 1 is 0.935 bits per heavy atom. The number of hydrogen-bond donors (Lipinski definition) is 0. The Kier molecular flexibility index (Phi) is 7.21. The predicted octanol–water partition coefficient (Wildman–Crippen LogP) is 5.37. The Bertz CT molecular complexity index is 997. The van der Waals surface area contributed by atoms with Gasteiger partial charge in [-0.05, 0) is 73.0 Å². The van der Waals surface area contributed by atoms with Gasteiger partial charge in [0, 0.05) is 25.7 Å². The number of hydrogen-bond acceptors (Lipinski definition) is 3. The van der Waals surface area contributed by atoms with Crippen LogP contribution in [0, 0.1) is 0 Å². The topological polar surface area (TPSA) is 32.8 Å². The van der Waals surface area contributed by atoms with Crippen molar-refractivity contribution in [1.82, 2.24) is 9.80 Å². The van der Waals surface area contributed by atoms with Crippen molar-refractivity contribution in [3.63, 3.8) is 0 Å². The van der Waals surface area contributed by atoms with E-state index in [4.69, 9.17) is 4.74 Å². The van der Waals surface area contributed by atoms with E-state index in [1.165, 1.54) is 32.4 Å². The maximum atomic E-state index is 12.9. The summed E-state index contributed by atoms with van der Waals surface area (Å²) in [4.78, 5) is 17.2. The number of benzene rings is 3. The lowest BCUT2D eigenvalue weighted by Crippen LogP contribution is -2.31. The highest BCUT2D eigenvalue weighted by Gasteiger charge is 2.13. The first kappa shape index (κ1) is 21.4. The van der Waals surface area contributed by atoms with Gasteiger partial charge in [-0.3, -0.25) is 4.79 Å². The van der Waals surface area contributed by atoms with E-state index in [-0.39, 0.29) is 5.91 Å². The first-order chi connectivity index (χ1) is 15.2. The van der Waals surface area contributed by atoms with Crippen LogP contribution in [0.2, 0.25) is 0 Å². The van der Waals surface area contributed by atoms with Crippen molar-refractivity contribution in [3.05, 3.63) is 77.9 Å². The number of ether oxygens (including phenoxy) is 1. The van der Waals surface area contributed by atoms with E-state index >= 15 is 0 Å². The SMILES string of the molecule is CN(Cc1ccccc1)C(=O)c1ccc2cc(OCCCN3CCCCC3)ccc2c1. The van der Waals surface area contributed by atoms with E-state index in [1.54, 1.807) is 4.90 Å². The van der Waals surface area contributed by atoms with Crippen LogP contribution in [0.4, 0.5) is 0 Å². The van der Waals surface area contributed by atoms with E-state index in [1.807, 2.05) is 67.7 Å². The lowest BCUT2D eigenvalue weighted by atomic mass is 10.1. The van der Waals surface area contributed by atoms with E-state index < -0.39 is 0 Å². The van der Waals surface area contributed by atoms with Crippen LogP contribution < -0.4 is 4.74 Å². The molecule has 1 amide bonds. The smallest absolute Gasteiger partial charge is 0.253 e. The van der Waals surface area contributed by atoms with Crippen LogP contribution in [0.15, 0.2) is 66.7 Å². The highest BCUT2D eigenvalue weighted by atomic mass is 16.5. The first-order valence-electron chi connectivity index (χ1n) is 11.4. The number of piperidine rings is 1. The number of carbonyl (C=O) groups is 1. The molecule has 0 aromatic heterocycles. The number of rotatable bonds is 8. The number of likely N-dealkylation sites (tertiary alicyclic amines) is 1. The zero-order valence-electron chi connectivity index (χ0n) is 18.4. The van der Waals surface area contributed by atoms with Gasteiger partial charge in [-0.15, -0.1) is 0 Å².